The molecule has 1 aromatic rings. The molecule has 0 aliphatic rings. The van der Waals surface area contributed by atoms with E-state index in [9.17, 15) is 14.4 Å². The lowest BCUT2D eigenvalue weighted by atomic mass is 10.1. The van der Waals surface area contributed by atoms with Crippen LogP contribution in [0.15, 0.2) is 24.3 Å². The van der Waals surface area contributed by atoms with Crippen molar-refractivity contribution in [1.82, 2.24) is 10.6 Å². The quantitative estimate of drug-likeness (QED) is 0.706. The molecule has 114 valence electrons. The standard InChI is InChI=1S/C15H20N2O4/c1-3-4-13(15(20)21)17-14(19)12-7-5-11(6-8-12)9-16-10(2)18/h5-8,13H,3-4,9H2,1-2H3,(H,16,18)(H,17,19)(H,20,21)/t13-/m0/s1. The lowest BCUT2D eigenvalue weighted by molar-refractivity contribution is -0.139. The molecule has 1 aromatic carbocycles. The average Bonchev–Trinajstić information content (AvgIpc) is 2.45. The second-order valence-electron chi connectivity index (χ2n) is 4.76. The van der Waals surface area contributed by atoms with Crippen LogP contribution in [0.25, 0.3) is 0 Å². The van der Waals surface area contributed by atoms with Crippen molar-refractivity contribution in [3.05, 3.63) is 35.4 Å². The van der Waals surface area contributed by atoms with E-state index < -0.39 is 17.9 Å². The van der Waals surface area contributed by atoms with Crippen molar-refractivity contribution >= 4 is 17.8 Å². The van der Waals surface area contributed by atoms with Crippen molar-refractivity contribution in [2.24, 2.45) is 0 Å². The number of hydrogen-bond donors (Lipinski definition) is 3. The normalized spacial score (nSPS) is 11.5. The Morgan fingerprint density at radius 1 is 1.19 bits per heavy atom. The fraction of sp³-hybridized carbons (Fsp3) is 0.400. The first-order valence-corrected chi connectivity index (χ1v) is 6.81. The van der Waals surface area contributed by atoms with Gasteiger partial charge in [-0.15, -0.1) is 0 Å². The fourth-order valence-electron chi connectivity index (χ4n) is 1.79. The predicted octanol–water partition coefficient (Wildman–Crippen LogP) is 1.31. The summed E-state index contributed by atoms with van der Waals surface area (Å²) < 4.78 is 0. The molecule has 6 nitrogen and oxygen atoms in total. The van der Waals surface area contributed by atoms with Gasteiger partial charge in [0.15, 0.2) is 0 Å². The Morgan fingerprint density at radius 2 is 1.81 bits per heavy atom. The zero-order valence-electron chi connectivity index (χ0n) is 12.2. The molecule has 0 aliphatic carbocycles. The van der Waals surface area contributed by atoms with E-state index in [0.717, 1.165) is 5.56 Å². The van der Waals surface area contributed by atoms with Crippen LogP contribution in [0.5, 0.6) is 0 Å². The Morgan fingerprint density at radius 3 is 2.29 bits per heavy atom. The summed E-state index contributed by atoms with van der Waals surface area (Å²) in [4.78, 5) is 33.8. The number of amides is 2. The van der Waals surface area contributed by atoms with Crippen molar-refractivity contribution in [1.29, 1.82) is 0 Å². The molecule has 0 fully saturated rings. The van der Waals surface area contributed by atoms with E-state index in [-0.39, 0.29) is 5.91 Å². The van der Waals surface area contributed by atoms with E-state index in [1.807, 2.05) is 6.92 Å². The van der Waals surface area contributed by atoms with Gasteiger partial charge in [-0.3, -0.25) is 9.59 Å². The molecule has 0 unspecified atom stereocenters. The average molecular weight is 292 g/mol. The van der Waals surface area contributed by atoms with Crippen LogP contribution in [0.3, 0.4) is 0 Å². The monoisotopic (exact) mass is 292 g/mol. The van der Waals surface area contributed by atoms with Crippen LogP contribution >= 0.6 is 0 Å². The Bertz CT molecular complexity index is 511. The van der Waals surface area contributed by atoms with E-state index in [1.54, 1.807) is 24.3 Å². The highest BCUT2D eigenvalue weighted by molar-refractivity contribution is 5.96. The van der Waals surface area contributed by atoms with Crippen LogP contribution < -0.4 is 10.6 Å². The number of rotatable bonds is 7. The van der Waals surface area contributed by atoms with Gasteiger partial charge in [-0.2, -0.15) is 0 Å². The van der Waals surface area contributed by atoms with Gasteiger partial charge in [0.25, 0.3) is 5.91 Å². The molecule has 0 saturated carbocycles. The number of carbonyl (C=O) groups is 3. The lowest BCUT2D eigenvalue weighted by Gasteiger charge is -2.13. The maximum Gasteiger partial charge on any atom is 0.326 e. The predicted molar refractivity (Wildman–Crippen MR) is 77.8 cm³/mol. The molecule has 21 heavy (non-hydrogen) atoms. The summed E-state index contributed by atoms with van der Waals surface area (Å²) in [6.45, 7) is 3.69. The number of carboxylic acid groups (broad SMARTS) is 1. The first-order chi connectivity index (χ1) is 9.93. The minimum atomic E-state index is -1.03. The van der Waals surface area contributed by atoms with Crippen molar-refractivity contribution in [2.45, 2.75) is 39.3 Å². The number of benzene rings is 1. The molecule has 1 rings (SSSR count). The van der Waals surface area contributed by atoms with Gasteiger partial charge in [-0.05, 0) is 24.1 Å². The summed E-state index contributed by atoms with van der Waals surface area (Å²) >= 11 is 0. The Balaban J connectivity index is 2.65. The second-order valence-corrected chi connectivity index (χ2v) is 4.76. The third kappa shape index (κ3) is 5.64. The number of aliphatic carboxylic acids is 1. The molecule has 3 N–H and O–H groups in total. The minimum Gasteiger partial charge on any atom is -0.480 e. The van der Waals surface area contributed by atoms with E-state index in [2.05, 4.69) is 10.6 Å². The molecule has 0 aliphatic heterocycles. The summed E-state index contributed by atoms with van der Waals surface area (Å²) in [6.07, 6.45) is 1.06. The molecule has 2 amide bonds. The van der Waals surface area contributed by atoms with Crippen molar-refractivity contribution in [2.75, 3.05) is 0 Å². The third-order valence-electron chi connectivity index (χ3n) is 2.94. The van der Waals surface area contributed by atoms with Gasteiger partial charge < -0.3 is 15.7 Å². The van der Waals surface area contributed by atoms with Crippen LogP contribution in [0.2, 0.25) is 0 Å². The van der Waals surface area contributed by atoms with Gasteiger partial charge in [0.1, 0.15) is 6.04 Å². The maximum atomic E-state index is 12.0. The van der Waals surface area contributed by atoms with Crippen molar-refractivity contribution < 1.29 is 19.5 Å². The van der Waals surface area contributed by atoms with Crippen LogP contribution in [0.4, 0.5) is 0 Å². The molecule has 6 heteroatoms. The van der Waals surface area contributed by atoms with Gasteiger partial charge in [-0.25, -0.2) is 4.79 Å². The van der Waals surface area contributed by atoms with E-state index in [0.29, 0.717) is 24.9 Å². The highest BCUT2D eigenvalue weighted by atomic mass is 16.4. The first kappa shape index (κ1) is 16.7. The second kappa shape index (κ2) is 8.04. The van der Waals surface area contributed by atoms with Crippen molar-refractivity contribution in [3.63, 3.8) is 0 Å². The number of carboxylic acids is 1. The zero-order valence-corrected chi connectivity index (χ0v) is 12.2. The summed E-state index contributed by atoms with van der Waals surface area (Å²) in [5, 5.41) is 14.2. The summed E-state index contributed by atoms with van der Waals surface area (Å²) in [5.41, 5.74) is 1.26. The summed E-state index contributed by atoms with van der Waals surface area (Å²) in [5.74, 6) is -1.57. The first-order valence-electron chi connectivity index (χ1n) is 6.81. The van der Waals surface area contributed by atoms with Gasteiger partial charge in [-0.1, -0.05) is 25.5 Å². The van der Waals surface area contributed by atoms with Crippen LogP contribution in [-0.4, -0.2) is 28.9 Å². The molecular formula is C15H20N2O4. The fourth-order valence-corrected chi connectivity index (χ4v) is 1.79. The topological polar surface area (TPSA) is 95.5 Å². The van der Waals surface area contributed by atoms with Crippen LogP contribution in [0.1, 0.15) is 42.6 Å². The minimum absolute atomic E-state index is 0.124. The molecule has 0 saturated heterocycles. The van der Waals surface area contributed by atoms with Crippen molar-refractivity contribution in [3.8, 4) is 0 Å². The number of carbonyl (C=O) groups excluding carboxylic acids is 2. The molecule has 0 spiro atoms. The number of hydrogen-bond acceptors (Lipinski definition) is 3. The Kier molecular flexibility index (Phi) is 6.39. The van der Waals surface area contributed by atoms with Gasteiger partial charge in [0.05, 0.1) is 0 Å². The molecule has 0 radical (unpaired) electrons. The molecule has 0 bridgehead atoms. The molecular weight excluding hydrogens is 272 g/mol. The zero-order chi connectivity index (χ0) is 15.8. The van der Waals surface area contributed by atoms with Gasteiger partial charge in [0.2, 0.25) is 5.91 Å². The van der Waals surface area contributed by atoms with E-state index in [4.69, 9.17) is 5.11 Å². The molecule has 1 atom stereocenters. The maximum absolute atomic E-state index is 12.0. The highest BCUT2D eigenvalue weighted by Crippen LogP contribution is 2.06. The molecule has 0 aromatic heterocycles. The Labute approximate surface area is 123 Å². The van der Waals surface area contributed by atoms with Crippen LogP contribution in [0, 0.1) is 0 Å². The van der Waals surface area contributed by atoms with Gasteiger partial charge >= 0.3 is 5.97 Å². The molecule has 0 heterocycles. The number of nitrogens with one attached hydrogen (secondary N) is 2. The third-order valence-corrected chi connectivity index (χ3v) is 2.94. The Hall–Kier alpha value is -2.37. The summed E-state index contributed by atoms with van der Waals surface area (Å²) in [7, 11) is 0. The largest absolute Gasteiger partial charge is 0.480 e. The highest BCUT2D eigenvalue weighted by Gasteiger charge is 2.19. The summed E-state index contributed by atoms with van der Waals surface area (Å²) in [6, 6.07) is 5.79. The van der Waals surface area contributed by atoms with E-state index in [1.165, 1.54) is 6.92 Å². The smallest absolute Gasteiger partial charge is 0.326 e. The lowest BCUT2D eigenvalue weighted by Crippen LogP contribution is -2.40. The SMILES string of the molecule is CCC[C@H](NC(=O)c1ccc(CNC(C)=O)cc1)C(=O)O. The van der Waals surface area contributed by atoms with E-state index >= 15 is 0 Å². The van der Waals surface area contributed by atoms with Crippen LogP contribution in [-0.2, 0) is 16.1 Å². The van der Waals surface area contributed by atoms with Gasteiger partial charge in [0, 0.05) is 19.0 Å².